The lowest BCUT2D eigenvalue weighted by atomic mass is 9.76. The van der Waals surface area contributed by atoms with Crippen LogP contribution in [-0.4, -0.2) is 15.7 Å². The van der Waals surface area contributed by atoms with Gasteiger partial charge in [-0.15, -0.1) is 11.3 Å². The second-order valence-corrected chi connectivity index (χ2v) is 5.66. The van der Waals surface area contributed by atoms with Crippen molar-refractivity contribution in [1.29, 1.82) is 0 Å². The van der Waals surface area contributed by atoms with Gasteiger partial charge in [0.25, 0.3) is 0 Å². The van der Waals surface area contributed by atoms with Crippen LogP contribution in [0.2, 0.25) is 0 Å². The summed E-state index contributed by atoms with van der Waals surface area (Å²) in [7, 11) is 0. The van der Waals surface area contributed by atoms with Crippen molar-refractivity contribution in [2.24, 2.45) is 5.92 Å². The molecule has 0 amide bonds. The van der Waals surface area contributed by atoms with Crippen molar-refractivity contribution < 1.29 is 5.11 Å². The fourth-order valence-electron chi connectivity index (χ4n) is 2.42. The highest BCUT2D eigenvalue weighted by molar-refractivity contribution is 7.09. The minimum absolute atomic E-state index is 0.469. The highest BCUT2D eigenvalue weighted by Gasteiger charge is 2.33. The van der Waals surface area contributed by atoms with Gasteiger partial charge in [-0.2, -0.15) is 0 Å². The van der Waals surface area contributed by atoms with Crippen molar-refractivity contribution in [3.8, 4) is 0 Å². The van der Waals surface area contributed by atoms with Gasteiger partial charge in [0.1, 0.15) is 0 Å². The van der Waals surface area contributed by atoms with E-state index in [0.29, 0.717) is 0 Å². The van der Waals surface area contributed by atoms with Crippen LogP contribution in [0.15, 0.2) is 11.6 Å². The lowest BCUT2D eigenvalue weighted by molar-refractivity contribution is -0.00924. The summed E-state index contributed by atoms with van der Waals surface area (Å²) in [4.78, 5) is 4.25. The molecule has 2 rings (SSSR count). The monoisotopic (exact) mass is 225 g/mol. The first-order chi connectivity index (χ1) is 7.22. The van der Waals surface area contributed by atoms with Crippen molar-refractivity contribution in [2.75, 3.05) is 0 Å². The van der Waals surface area contributed by atoms with Gasteiger partial charge in [-0.1, -0.05) is 13.3 Å². The second kappa shape index (κ2) is 4.62. The molecule has 15 heavy (non-hydrogen) atoms. The molecule has 3 heteroatoms. The smallest absolute Gasteiger partial charge is 0.0953 e. The number of hydrogen-bond donors (Lipinski definition) is 1. The van der Waals surface area contributed by atoms with E-state index >= 15 is 0 Å². The standard InChI is InChI=1S/C12H19NOS/c1-2-10-3-5-12(14,6-4-10)9-11-13-7-8-15-11/h7-8,10,14H,2-6,9H2,1H3. The molecule has 1 fully saturated rings. The second-order valence-electron chi connectivity index (χ2n) is 4.68. The lowest BCUT2D eigenvalue weighted by Crippen LogP contribution is -2.36. The third kappa shape index (κ3) is 2.79. The number of rotatable bonds is 3. The van der Waals surface area contributed by atoms with Crippen molar-refractivity contribution in [3.05, 3.63) is 16.6 Å². The zero-order valence-electron chi connectivity index (χ0n) is 9.28. The molecule has 1 aliphatic rings. The van der Waals surface area contributed by atoms with E-state index in [-0.39, 0.29) is 0 Å². The highest BCUT2D eigenvalue weighted by atomic mass is 32.1. The van der Waals surface area contributed by atoms with Crippen molar-refractivity contribution in [2.45, 2.75) is 51.0 Å². The Labute approximate surface area is 95.4 Å². The number of thiazole rings is 1. The summed E-state index contributed by atoms with van der Waals surface area (Å²) in [6.45, 7) is 2.25. The summed E-state index contributed by atoms with van der Waals surface area (Å²) >= 11 is 1.65. The third-order valence-corrected chi connectivity index (χ3v) is 4.36. The molecule has 2 nitrogen and oxygen atoms in total. The zero-order valence-corrected chi connectivity index (χ0v) is 10.1. The fourth-order valence-corrected chi connectivity index (χ4v) is 3.17. The molecular weight excluding hydrogens is 206 g/mol. The molecule has 0 aliphatic heterocycles. The average molecular weight is 225 g/mol. The molecule has 0 atom stereocenters. The molecule has 1 aliphatic carbocycles. The summed E-state index contributed by atoms with van der Waals surface area (Å²) in [5.41, 5.74) is -0.469. The average Bonchev–Trinajstić information content (AvgIpc) is 2.71. The molecule has 0 saturated heterocycles. The topological polar surface area (TPSA) is 33.1 Å². The Morgan fingerprint density at radius 1 is 1.53 bits per heavy atom. The van der Waals surface area contributed by atoms with Gasteiger partial charge in [0, 0.05) is 18.0 Å². The van der Waals surface area contributed by atoms with Crippen molar-refractivity contribution >= 4 is 11.3 Å². The van der Waals surface area contributed by atoms with E-state index in [1.54, 1.807) is 11.3 Å². The van der Waals surface area contributed by atoms with Crippen molar-refractivity contribution in [1.82, 2.24) is 4.98 Å². The Morgan fingerprint density at radius 3 is 2.80 bits per heavy atom. The van der Waals surface area contributed by atoms with Gasteiger partial charge in [0.15, 0.2) is 0 Å². The van der Waals surface area contributed by atoms with E-state index in [9.17, 15) is 5.11 Å². The Hall–Kier alpha value is -0.410. The Kier molecular flexibility index (Phi) is 3.42. The lowest BCUT2D eigenvalue weighted by Gasteiger charge is -2.35. The van der Waals surface area contributed by atoms with E-state index in [4.69, 9.17) is 0 Å². The normalized spacial score (nSPS) is 31.7. The van der Waals surface area contributed by atoms with Gasteiger partial charge in [-0.25, -0.2) is 4.98 Å². The quantitative estimate of drug-likeness (QED) is 0.857. The molecule has 0 bridgehead atoms. The highest BCUT2D eigenvalue weighted by Crippen LogP contribution is 2.35. The first-order valence-corrected chi connectivity index (χ1v) is 6.70. The number of nitrogens with zero attached hydrogens (tertiary/aromatic N) is 1. The van der Waals surface area contributed by atoms with Crippen LogP contribution in [0.3, 0.4) is 0 Å². The Morgan fingerprint density at radius 2 is 2.27 bits per heavy atom. The molecule has 84 valence electrons. The molecule has 0 aromatic carbocycles. The first kappa shape index (κ1) is 11.1. The number of aromatic nitrogens is 1. The summed E-state index contributed by atoms with van der Waals surface area (Å²) in [6, 6.07) is 0. The third-order valence-electron chi connectivity index (χ3n) is 3.58. The van der Waals surface area contributed by atoms with Gasteiger partial charge in [0.2, 0.25) is 0 Å². The Balaban J connectivity index is 1.92. The van der Waals surface area contributed by atoms with Crippen LogP contribution in [0.4, 0.5) is 0 Å². The van der Waals surface area contributed by atoms with Gasteiger partial charge >= 0.3 is 0 Å². The van der Waals surface area contributed by atoms with E-state index in [0.717, 1.165) is 30.2 Å². The Bertz CT molecular complexity index is 289. The van der Waals surface area contributed by atoms with Crippen LogP contribution in [-0.2, 0) is 6.42 Å². The maximum absolute atomic E-state index is 10.4. The van der Waals surface area contributed by atoms with Crippen LogP contribution in [0.5, 0.6) is 0 Å². The molecule has 1 aromatic rings. The predicted molar refractivity (Wildman–Crippen MR) is 63.0 cm³/mol. The molecule has 1 N–H and O–H groups in total. The summed E-state index contributed by atoms with van der Waals surface area (Å²) in [5, 5.41) is 13.5. The zero-order chi connectivity index (χ0) is 10.7. The maximum atomic E-state index is 10.4. The van der Waals surface area contributed by atoms with E-state index in [1.165, 1.54) is 19.3 Å². The molecule has 1 heterocycles. The van der Waals surface area contributed by atoms with Crippen LogP contribution in [0, 0.1) is 5.92 Å². The van der Waals surface area contributed by atoms with E-state index in [1.807, 2.05) is 11.6 Å². The summed E-state index contributed by atoms with van der Waals surface area (Å²) in [5.74, 6) is 0.835. The van der Waals surface area contributed by atoms with Gasteiger partial charge in [-0.3, -0.25) is 0 Å². The first-order valence-electron chi connectivity index (χ1n) is 5.82. The number of hydrogen-bond acceptors (Lipinski definition) is 3. The van der Waals surface area contributed by atoms with Crippen LogP contribution < -0.4 is 0 Å². The molecule has 0 unspecified atom stereocenters. The van der Waals surface area contributed by atoms with Crippen LogP contribution in [0.25, 0.3) is 0 Å². The molecule has 1 aromatic heterocycles. The van der Waals surface area contributed by atoms with E-state index < -0.39 is 5.60 Å². The summed E-state index contributed by atoms with van der Waals surface area (Å²) in [6.07, 6.45) is 8.09. The molecular formula is C12H19NOS. The van der Waals surface area contributed by atoms with Crippen molar-refractivity contribution in [3.63, 3.8) is 0 Å². The number of aliphatic hydroxyl groups is 1. The van der Waals surface area contributed by atoms with Gasteiger partial charge in [0.05, 0.1) is 10.6 Å². The molecule has 0 spiro atoms. The maximum Gasteiger partial charge on any atom is 0.0953 e. The van der Waals surface area contributed by atoms with Gasteiger partial charge < -0.3 is 5.11 Å². The fraction of sp³-hybridized carbons (Fsp3) is 0.750. The van der Waals surface area contributed by atoms with Crippen LogP contribution >= 0.6 is 11.3 Å². The van der Waals surface area contributed by atoms with E-state index in [2.05, 4.69) is 11.9 Å². The predicted octanol–water partition coefficient (Wildman–Crippen LogP) is 3.02. The summed E-state index contributed by atoms with van der Waals surface area (Å²) < 4.78 is 0. The molecule has 1 saturated carbocycles. The molecule has 0 radical (unpaired) electrons. The minimum atomic E-state index is -0.469. The largest absolute Gasteiger partial charge is 0.389 e. The van der Waals surface area contributed by atoms with Gasteiger partial charge in [-0.05, 0) is 31.6 Å². The van der Waals surface area contributed by atoms with Crippen LogP contribution in [0.1, 0.15) is 44.0 Å². The minimum Gasteiger partial charge on any atom is -0.389 e. The SMILES string of the molecule is CCC1CCC(O)(Cc2nccs2)CC1.